The molecule has 1 aliphatic rings. The van der Waals surface area contributed by atoms with Gasteiger partial charge in [0.15, 0.2) is 11.5 Å². The minimum Gasteiger partial charge on any atom is -0.379 e. The van der Waals surface area contributed by atoms with Crippen LogP contribution in [0.15, 0.2) is 34.9 Å². The van der Waals surface area contributed by atoms with Gasteiger partial charge in [-0.1, -0.05) is 36.3 Å². The van der Waals surface area contributed by atoms with Gasteiger partial charge in [0, 0.05) is 25.3 Å². The third kappa shape index (κ3) is 3.66. The number of aryl methyl sites for hydroxylation is 1. The second kappa shape index (κ2) is 7.59. The van der Waals surface area contributed by atoms with E-state index in [1.54, 1.807) is 13.2 Å². The molecular formula is C18H22N2O4. The molecule has 0 aliphatic carbocycles. The van der Waals surface area contributed by atoms with Crippen molar-refractivity contribution in [2.75, 3.05) is 20.3 Å². The zero-order valence-corrected chi connectivity index (χ0v) is 14.0. The van der Waals surface area contributed by atoms with E-state index in [-0.39, 0.29) is 23.7 Å². The number of carbonyl (C=O) groups is 1. The van der Waals surface area contributed by atoms with Crippen molar-refractivity contribution in [3.8, 4) is 11.3 Å². The first-order valence-electron chi connectivity index (χ1n) is 8.18. The first-order valence-corrected chi connectivity index (χ1v) is 8.18. The van der Waals surface area contributed by atoms with E-state index in [2.05, 4.69) is 17.4 Å². The Morgan fingerprint density at radius 3 is 2.88 bits per heavy atom. The van der Waals surface area contributed by atoms with Crippen LogP contribution in [0, 0.1) is 0 Å². The zero-order valence-electron chi connectivity index (χ0n) is 14.0. The minimum atomic E-state index is -0.285. The lowest BCUT2D eigenvalue weighted by atomic mass is 10.1. The van der Waals surface area contributed by atoms with Gasteiger partial charge in [0.25, 0.3) is 5.91 Å². The fourth-order valence-electron chi connectivity index (χ4n) is 2.80. The first kappa shape index (κ1) is 16.7. The van der Waals surface area contributed by atoms with Crippen molar-refractivity contribution in [3.05, 3.63) is 41.6 Å². The highest BCUT2D eigenvalue weighted by atomic mass is 16.5. The molecule has 1 aromatic heterocycles. The average Bonchev–Trinajstić information content (AvgIpc) is 3.12. The molecule has 0 bridgehead atoms. The fraction of sp³-hybridized carbons (Fsp3) is 0.444. The predicted molar refractivity (Wildman–Crippen MR) is 88.8 cm³/mol. The number of nitrogens with zero attached hydrogens (tertiary/aromatic N) is 1. The van der Waals surface area contributed by atoms with E-state index in [0.717, 1.165) is 18.4 Å². The Bertz CT molecular complexity index is 681. The highest BCUT2D eigenvalue weighted by Crippen LogP contribution is 2.21. The molecule has 6 nitrogen and oxygen atoms in total. The monoisotopic (exact) mass is 330 g/mol. The molecule has 1 N–H and O–H groups in total. The number of rotatable bonds is 5. The van der Waals surface area contributed by atoms with Crippen LogP contribution in [0.4, 0.5) is 0 Å². The molecule has 2 aromatic rings. The van der Waals surface area contributed by atoms with Gasteiger partial charge in [-0.2, -0.15) is 0 Å². The van der Waals surface area contributed by atoms with E-state index in [4.69, 9.17) is 14.0 Å². The van der Waals surface area contributed by atoms with Crippen LogP contribution in [-0.4, -0.2) is 43.5 Å². The van der Waals surface area contributed by atoms with E-state index in [1.165, 1.54) is 5.56 Å². The van der Waals surface area contributed by atoms with Gasteiger partial charge >= 0.3 is 0 Å². The number of ether oxygens (including phenoxy) is 2. The molecule has 1 fully saturated rings. The van der Waals surface area contributed by atoms with Gasteiger partial charge in [-0.05, 0) is 18.4 Å². The SMILES string of the molecule is CCc1ccc(-c2cc(C(=O)N[C@@H]3COCC[C@H]3OC)no2)cc1. The lowest BCUT2D eigenvalue weighted by Crippen LogP contribution is -2.50. The minimum absolute atomic E-state index is 0.0457. The van der Waals surface area contributed by atoms with Crippen LogP contribution in [0.2, 0.25) is 0 Å². The molecule has 6 heteroatoms. The molecule has 1 aromatic carbocycles. The molecule has 0 unspecified atom stereocenters. The predicted octanol–water partition coefficient (Wildman–Crippen LogP) is 2.44. The summed E-state index contributed by atoms with van der Waals surface area (Å²) in [7, 11) is 1.64. The largest absolute Gasteiger partial charge is 0.379 e. The highest BCUT2D eigenvalue weighted by Gasteiger charge is 2.28. The Kier molecular flexibility index (Phi) is 5.27. The lowest BCUT2D eigenvalue weighted by molar-refractivity contribution is -0.0349. The van der Waals surface area contributed by atoms with Crippen LogP contribution < -0.4 is 5.32 Å². The second-order valence-corrected chi connectivity index (χ2v) is 5.84. The average molecular weight is 330 g/mol. The smallest absolute Gasteiger partial charge is 0.273 e. The Balaban J connectivity index is 1.68. The lowest BCUT2D eigenvalue weighted by Gasteiger charge is -2.30. The number of methoxy groups -OCH3 is 1. The standard InChI is InChI=1S/C18H22N2O4/c1-3-12-4-6-13(7-5-12)17-10-14(20-24-17)18(21)19-15-11-23-9-8-16(15)22-2/h4-7,10,15-16H,3,8-9,11H2,1-2H3,(H,19,21)/t15-,16-/m1/s1. The molecule has 0 spiro atoms. The van der Waals surface area contributed by atoms with E-state index >= 15 is 0 Å². The molecule has 1 amide bonds. The molecule has 3 rings (SSSR count). The summed E-state index contributed by atoms with van der Waals surface area (Å²) in [4.78, 5) is 12.4. The second-order valence-electron chi connectivity index (χ2n) is 5.84. The Labute approximate surface area is 141 Å². The molecule has 24 heavy (non-hydrogen) atoms. The maximum absolute atomic E-state index is 12.4. The Morgan fingerprint density at radius 2 is 2.17 bits per heavy atom. The summed E-state index contributed by atoms with van der Waals surface area (Å²) in [6.07, 6.45) is 1.69. The maximum atomic E-state index is 12.4. The van der Waals surface area contributed by atoms with Gasteiger partial charge in [-0.15, -0.1) is 0 Å². The van der Waals surface area contributed by atoms with Crippen molar-refractivity contribution < 1.29 is 18.8 Å². The summed E-state index contributed by atoms with van der Waals surface area (Å²) in [5.41, 5.74) is 2.40. The van der Waals surface area contributed by atoms with Gasteiger partial charge < -0.3 is 19.3 Å². The van der Waals surface area contributed by atoms with E-state index in [1.807, 2.05) is 24.3 Å². The molecular weight excluding hydrogens is 308 g/mol. The third-order valence-electron chi connectivity index (χ3n) is 4.30. The molecule has 0 saturated carbocycles. The normalized spacial score (nSPS) is 20.8. The number of amides is 1. The van der Waals surface area contributed by atoms with Gasteiger partial charge in [0.1, 0.15) is 0 Å². The van der Waals surface area contributed by atoms with Crippen LogP contribution in [-0.2, 0) is 15.9 Å². The third-order valence-corrected chi connectivity index (χ3v) is 4.30. The molecule has 2 atom stereocenters. The summed E-state index contributed by atoms with van der Waals surface area (Å²) in [5, 5.41) is 6.79. The number of aromatic nitrogens is 1. The van der Waals surface area contributed by atoms with E-state index in [0.29, 0.717) is 19.0 Å². The van der Waals surface area contributed by atoms with Crippen LogP contribution in [0.25, 0.3) is 11.3 Å². The van der Waals surface area contributed by atoms with E-state index < -0.39 is 0 Å². The van der Waals surface area contributed by atoms with Crippen molar-refractivity contribution in [1.29, 1.82) is 0 Å². The van der Waals surface area contributed by atoms with Gasteiger partial charge in [-0.25, -0.2) is 0 Å². The van der Waals surface area contributed by atoms with Gasteiger partial charge in [-0.3, -0.25) is 4.79 Å². The Hall–Kier alpha value is -2.18. The van der Waals surface area contributed by atoms with E-state index in [9.17, 15) is 4.79 Å². The van der Waals surface area contributed by atoms with Gasteiger partial charge in [0.2, 0.25) is 0 Å². The summed E-state index contributed by atoms with van der Waals surface area (Å²) < 4.78 is 16.1. The van der Waals surface area contributed by atoms with Crippen molar-refractivity contribution in [1.82, 2.24) is 10.5 Å². The number of hydrogen-bond acceptors (Lipinski definition) is 5. The van der Waals surface area contributed by atoms with Gasteiger partial charge in [0.05, 0.1) is 18.8 Å². The fourth-order valence-corrected chi connectivity index (χ4v) is 2.80. The van der Waals surface area contributed by atoms with Crippen molar-refractivity contribution in [3.63, 3.8) is 0 Å². The number of nitrogens with one attached hydrogen (secondary N) is 1. The van der Waals surface area contributed by atoms with Crippen molar-refractivity contribution >= 4 is 5.91 Å². The van der Waals surface area contributed by atoms with Crippen LogP contribution >= 0.6 is 0 Å². The Morgan fingerprint density at radius 1 is 1.38 bits per heavy atom. The highest BCUT2D eigenvalue weighted by molar-refractivity contribution is 5.93. The molecule has 1 aliphatic heterocycles. The zero-order chi connectivity index (χ0) is 16.9. The van der Waals surface area contributed by atoms with Crippen molar-refractivity contribution in [2.24, 2.45) is 0 Å². The van der Waals surface area contributed by atoms with Crippen LogP contribution in [0.3, 0.4) is 0 Å². The first-order chi connectivity index (χ1) is 11.7. The molecule has 0 radical (unpaired) electrons. The molecule has 1 saturated heterocycles. The quantitative estimate of drug-likeness (QED) is 0.911. The van der Waals surface area contributed by atoms with Crippen molar-refractivity contribution in [2.45, 2.75) is 31.9 Å². The molecule has 128 valence electrons. The van der Waals surface area contributed by atoms with Crippen LogP contribution in [0.5, 0.6) is 0 Å². The van der Waals surface area contributed by atoms with Crippen LogP contribution in [0.1, 0.15) is 29.4 Å². The number of benzene rings is 1. The topological polar surface area (TPSA) is 73.6 Å². The molecule has 2 heterocycles. The number of carbonyl (C=O) groups excluding carboxylic acids is 1. The summed E-state index contributed by atoms with van der Waals surface area (Å²) >= 11 is 0. The summed E-state index contributed by atoms with van der Waals surface area (Å²) in [6, 6.07) is 9.50. The maximum Gasteiger partial charge on any atom is 0.273 e. The summed E-state index contributed by atoms with van der Waals surface area (Å²) in [5.74, 6) is 0.290. The number of hydrogen-bond donors (Lipinski definition) is 1. The summed E-state index contributed by atoms with van der Waals surface area (Å²) in [6.45, 7) is 3.19.